The number of anilines is 1. The first-order chi connectivity index (χ1) is 9.16. The van der Waals surface area contributed by atoms with Crippen molar-refractivity contribution in [3.05, 3.63) is 59.8 Å². The fraction of sp³-hybridized carbons (Fsp3) is 0.200. The van der Waals surface area contributed by atoms with Crippen LogP contribution in [0.1, 0.15) is 16.1 Å². The Morgan fingerprint density at radius 2 is 1.84 bits per heavy atom. The Balaban J connectivity index is 2.02. The number of amides is 1. The molecule has 1 amide bonds. The van der Waals surface area contributed by atoms with E-state index in [-0.39, 0.29) is 5.91 Å². The minimum Gasteiger partial charge on any atom is -0.363 e. The summed E-state index contributed by atoms with van der Waals surface area (Å²) in [5, 5.41) is 2.86. The van der Waals surface area contributed by atoms with Gasteiger partial charge in [-0.25, -0.2) is 4.98 Å². The third kappa shape index (κ3) is 3.55. The van der Waals surface area contributed by atoms with Crippen LogP contribution in [0.15, 0.2) is 48.5 Å². The zero-order valence-corrected chi connectivity index (χ0v) is 11.1. The molecule has 0 fully saturated rings. The molecule has 1 N–H and O–H groups in total. The highest BCUT2D eigenvalue weighted by molar-refractivity contribution is 5.92. The number of rotatable bonds is 4. The van der Waals surface area contributed by atoms with Gasteiger partial charge in [-0.05, 0) is 17.7 Å². The molecule has 4 nitrogen and oxygen atoms in total. The van der Waals surface area contributed by atoms with Gasteiger partial charge in [0.15, 0.2) is 0 Å². The van der Waals surface area contributed by atoms with Crippen LogP contribution in [0, 0.1) is 0 Å². The quantitative estimate of drug-likeness (QED) is 0.909. The van der Waals surface area contributed by atoms with Gasteiger partial charge in [0.1, 0.15) is 11.5 Å². The number of hydrogen-bond acceptors (Lipinski definition) is 3. The molecular formula is C15H17N3O. The topological polar surface area (TPSA) is 45.2 Å². The number of carbonyl (C=O) groups excluding carboxylic acids is 1. The monoisotopic (exact) mass is 255 g/mol. The van der Waals surface area contributed by atoms with Crippen LogP contribution in [-0.2, 0) is 6.54 Å². The predicted octanol–water partition coefficient (Wildman–Crippen LogP) is 2.08. The summed E-state index contributed by atoms with van der Waals surface area (Å²) in [6.07, 6.45) is 0. The van der Waals surface area contributed by atoms with Crippen molar-refractivity contribution >= 4 is 11.7 Å². The second-order valence-corrected chi connectivity index (χ2v) is 4.44. The minimum atomic E-state index is -0.160. The van der Waals surface area contributed by atoms with Crippen molar-refractivity contribution in [3.8, 4) is 0 Å². The van der Waals surface area contributed by atoms with E-state index in [4.69, 9.17) is 0 Å². The van der Waals surface area contributed by atoms with Gasteiger partial charge in [-0.1, -0.05) is 36.4 Å². The van der Waals surface area contributed by atoms with Crippen molar-refractivity contribution in [2.24, 2.45) is 0 Å². The number of carbonyl (C=O) groups is 1. The first-order valence-electron chi connectivity index (χ1n) is 6.13. The first kappa shape index (κ1) is 13.1. The van der Waals surface area contributed by atoms with Crippen molar-refractivity contribution in [1.29, 1.82) is 0 Å². The summed E-state index contributed by atoms with van der Waals surface area (Å²) in [5.74, 6) is 0.611. The van der Waals surface area contributed by atoms with Gasteiger partial charge >= 0.3 is 0 Å². The van der Waals surface area contributed by atoms with Gasteiger partial charge in [-0.2, -0.15) is 0 Å². The van der Waals surface area contributed by atoms with Crippen molar-refractivity contribution < 1.29 is 4.79 Å². The van der Waals surface area contributed by atoms with Gasteiger partial charge in [-0.3, -0.25) is 4.79 Å². The van der Waals surface area contributed by atoms with Gasteiger partial charge in [-0.15, -0.1) is 0 Å². The molecule has 19 heavy (non-hydrogen) atoms. The van der Waals surface area contributed by atoms with Crippen molar-refractivity contribution in [2.75, 3.05) is 19.0 Å². The average molecular weight is 255 g/mol. The van der Waals surface area contributed by atoms with Gasteiger partial charge < -0.3 is 10.2 Å². The van der Waals surface area contributed by atoms with E-state index in [0.717, 1.165) is 11.4 Å². The number of pyridine rings is 1. The van der Waals surface area contributed by atoms with Crippen LogP contribution >= 0.6 is 0 Å². The number of benzene rings is 1. The summed E-state index contributed by atoms with van der Waals surface area (Å²) in [4.78, 5) is 18.2. The maximum absolute atomic E-state index is 12.0. The first-order valence-corrected chi connectivity index (χ1v) is 6.13. The molecule has 0 radical (unpaired) electrons. The van der Waals surface area contributed by atoms with E-state index in [1.54, 1.807) is 6.07 Å². The highest BCUT2D eigenvalue weighted by atomic mass is 16.1. The molecule has 0 aliphatic rings. The molecule has 1 aromatic carbocycles. The number of aromatic nitrogens is 1. The molecular weight excluding hydrogens is 238 g/mol. The maximum Gasteiger partial charge on any atom is 0.270 e. The minimum absolute atomic E-state index is 0.160. The highest BCUT2D eigenvalue weighted by Crippen LogP contribution is 2.08. The van der Waals surface area contributed by atoms with E-state index in [1.807, 2.05) is 61.5 Å². The summed E-state index contributed by atoms with van der Waals surface area (Å²) in [5.41, 5.74) is 1.50. The molecule has 2 aromatic rings. The van der Waals surface area contributed by atoms with Crippen LogP contribution in [0.3, 0.4) is 0 Å². The number of nitrogens with one attached hydrogen (secondary N) is 1. The molecule has 0 aliphatic carbocycles. The molecule has 0 saturated heterocycles. The van der Waals surface area contributed by atoms with E-state index < -0.39 is 0 Å². The Morgan fingerprint density at radius 1 is 1.11 bits per heavy atom. The third-order valence-electron chi connectivity index (χ3n) is 2.72. The second kappa shape index (κ2) is 6.00. The van der Waals surface area contributed by atoms with Gasteiger partial charge in [0, 0.05) is 20.6 Å². The Labute approximate surface area is 113 Å². The van der Waals surface area contributed by atoms with Crippen molar-refractivity contribution in [3.63, 3.8) is 0 Å². The van der Waals surface area contributed by atoms with E-state index in [2.05, 4.69) is 10.3 Å². The Kier molecular flexibility index (Phi) is 4.13. The third-order valence-corrected chi connectivity index (χ3v) is 2.72. The fourth-order valence-corrected chi connectivity index (χ4v) is 1.67. The van der Waals surface area contributed by atoms with Crippen LogP contribution in [0.25, 0.3) is 0 Å². The summed E-state index contributed by atoms with van der Waals surface area (Å²) in [6.45, 7) is 0.507. The molecule has 0 atom stereocenters. The molecule has 1 aromatic heterocycles. The Hall–Kier alpha value is -2.36. The predicted molar refractivity (Wildman–Crippen MR) is 76.2 cm³/mol. The smallest absolute Gasteiger partial charge is 0.270 e. The van der Waals surface area contributed by atoms with Crippen LogP contribution in [0.2, 0.25) is 0 Å². The average Bonchev–Trinajstić information content (AvgIpc) is 2.46. The lowest BCUT2D eigenvalue weighted by Crippen LogP contribution is -2.24. The molecule has 1 heterocycles. The normalized spacial score (nSPS) is 10.0. The molecule has 4 heteroatoms. The lowest BCUT2D eigenvalue weighted by Gasteiger charge is -2.12. The summed E-state index contributed by atoms with van der Waals surface area (Å²) in [6, 6.07) is 15.2. The molecule has 98 valence electrons. The van der Waals surface area contributed by atoms with Gasteiger partial charge in [0.25, 0.3) is 5.91 Å². The highest BCUT2D eigenvalue weighted by Gasteiger charge is 2.08. The van der Waals surface area contributed by atoms with Crippen molar-refractivity contribution in [2.45, 2.75) is 6.54 Å². The zero-order valence-electron chi connectivity index (χ0n) is 11.1. The summed E-state index contributed by atoms with van der Waals surface area (Å²) >= 11 is 0. The van der Waals surface area contributed by atoms with E-state index in [1.165, 1.54) is 0 Å². The zero-order chi connectivity index (χ0) is 13.7. The lowest BCUT2D eigenvalue weighted by molar-refractivity contribution is 0.0946. The Morgan fingerprint density at radius 3 is 2.53 bits per heavy atom. The van der Waals surface area contributed by atoms with Crippen LogP contribution in [0.4, 0.5) is 5.82 Å². The largest absolute Gasteiger partial charge is 0.363 e. The molecule has 0 saturated carbocycles. The standard InChI is InChI=1S/C15H17N3O/c1-18(2)14-10-6-9-13(17-14)15(19)16-11-12-7-4-3-5-8-12/h3-10H,11H2,1-2H3,(H,16,19). The summed E-state index contributed by atoms with van der Waals surface area (Å²) < 4.78 is 0. The maximum atomic E-state index is 12.0. The van der Waals surface area contributed by atoms with Crippen molar-refractivity contribution in [1.82, 2.24) is 10.3 Å². The van der Waals surface area contributed by atoms with E-state index in [0.29, 0.717) is 12.2 Å². The second-order valence-electron chi connectivity index (χ2n) is 4.44. The fourth-order valence-electron chi connectivity index (χ4n) is 1.67. The van der Waals surface area contributed by atoms with Crippen LogP contribution < -0.4 is 10.2 Å². The van der Waals surface area contributed by atoms with Crippen LogP contribution in [0.5, 0.6) is 0 Å². The molecule has 0 bridgehead atoms. The van der Waals surface area contributed by atoms with Crippen LogP contribution in [-0.4, -0.2) is 25.0 Å². The summed E-state index contributed by atoms with van der Waals surface area (Å²) in [7, 11) is 3.79. The van der Waals surface area contributed by atoms with E-state index >= 15 is 0 Å². The molecule has 0 aliphatic heterocycles. The van der Waals surface area contributed by atoms with E-state index in [9.17, 15) is 4.79 Å². The Bertz CT molecular complexity index is 552. The number of nitrogens with zero attached hydrogens (tertiary/aromatic N) is 2. The number of hydrogen-bond donors (Lipinski definition) is 1. The van der Waals surface area contributed by atoms with Gasteiger partial charge in [0.05, 0.1) is 0 Å². The molecule has 0 unspecified atom stereocenters. The SMILES string of the molecule is CN(C)c1cccc(C(=O)NCc2ccccc2)n1. The lowest BCUT2D eigenvalue weighted by atomic mass is 10.2. The van der Waals surface area contributed by atoms with Gasteiger partial charge in [0.2, 0.25) is 0 Å². The molecule has 2 rings (SSSR count). The molecule has 0 spiro atoms.